The van der Waals surface area contributed by atoms with Gasteiger partial charge in [-0.3, -0.25) is 4.31 Å². The lowest BCUT2D eigenvalue weighted by Crippen LogP contribution is -2.26. The Balaban J connectivity index is 1.79. The molecule has 0 radical (unpaired) electrons. The highest BCUT2D eigenvalue weighted by Gasteiger charge is 2.22. The van der Waals surface area contributed by atoms with E-state index in [0.717, 1.165) is 5.56 Å². The zero-order valence-electron chi connectivity index (χ0n) is 16.1. The zero-order valence-corrected chi connectivity index (χ0v) is 16.9. The molecule has 0 bridgehead atoms. The summed E-state index contributed by atoms with van der Waals surface area (Å²) >= 11 is 0. The van der Waals surface area contributed by atoms with Gasteiger partial charge in [-0.05, 0) is 36.4 Å². The van der Waals surface area contributed by atoms with Crippen LogP contribution in [0.3, 0.4) is 0 Å². The van der Waals surface area contributed by atoms with E-state index in [0.29, 0.717) is 11.4 Å². The summed E-state index contributed by atoms with van der Waals surface area (Å²) in [6, 6.07) is 21.7. The quantitative estimate of drug-likeness (QED) is 0.552. The minimum atomic E-state index is -3.82. The monoisotopic (exact) mass is 411 g/mol. The first-order valence-corrected chi connectivity index (χ1v) is 10.3. The molecule has 0 amide bonds. The third kappa shape index (κ3) is 4.57. The van der Waals surface area contributed by atoms with Crippen molar-refractivity contribution in [2.24, 2.45) is 0 Å². The average Bonchev–Trinajstić information content (AvgIpc) is 2.77. The Morgan fingerprint density at radius 3 is 2.34 bits per heavy atom. The molecule has 0 heterocycles. The van der Waals surface area contributed by atoms with Crippen molar-refractivity contribution >= 4 is 21.7 Å². The summed E-state index contributed by atoms with van der Waals surface area (Å²) in [6.07, 6.45) is 0. The van der Waals surface area contributed by atoms with E-state index < -0.39 is 16.0 Å². The second-order valence-corrected chi connectivity index (χ2v) is 8.19. The van der Waals surface area contributed by atoms with E-state index in [4.69, 9.17) is 9.47 Å². The van der Waals surface area contributed by atoms with Crippen LogP contribution < -0.4 is 9.04 Å². The van der Waals surface area contributed by atoms with Crippen molar-refractivity contribution in [2.45, 2.75) is 11.5 Å². The molecule has 0 aliphatic carbocycles. The standard InChI is InChI=1S/C22H21NO5S/c1-23(19-11-4-3-5-12-19)29(25,26)20-13-8-10-17(15-20)22(24)28-16-18-9-6-7-14-21(18)27-2/h3-15H,16H2,1-2H3. The number of carbonyl (C=O) groups excluding carboxylic acids is 1. The molecule has 150 valence electrons. The van der Waals surface area contributed by atoms with Gasteiger partial charge in [-0.25, -0.2) is 13.2 Å². The minimum Gasteiger partial charge on any atom is -0.496 e. The normalized spacial score (nSPS) is 11.0. The average molecular weight is 411 g/mol. The SMILES string of the molecule is COc1ccccc1COC(=O)c1cccc(S(=O)(=O)N(C)c2ccccc2)c1. The van der Waals surface area contributed by atoms with Gasteiger partial charge in [-0.1, -0.05) is 42.5 Å². The van der Waals surface area contributed by atoms with E-state index in [1.165, 1.54) is 42.7 Å². The summed E-state index contributed by atoms with van der Waals surface area (Å²) < 4.78 is 37.6. The fourth-order valence-electron chi connectivity index (χ4n) is 2.77. The molecule has 0 aliphatic rings. The van der Waals surface area contributed by atoms with Crippen molar-refractivity contribution in [1.29, 1.82) is 0 Å². The van der Waals surface area contributed by atoms with Crippen molar-refractivity contribution in [2.75, 3.05) is 18.5 Å². The molecule has 0 spiro atoms. The third-order valence-electron chi connectivity index (χ3n) is 4.40. The first kappa shape index (κ1) is 20.4. The van der Waals surface area contributed by atoms with Gasteiger partial charge in [-0.15, -0.1) is 0 Å². The number of hydrogen-bond donors (Lipinski definition) is 0. The van der Waals surface area contributed by atoms with Gasteiger partial charge >= 0.3 is 5.97 Å². The Morgan fingerprint density at radius 1 is 0.931 bits per heavy atom. The summed E-state index contributed by atoms with van der Waals surface area (Å²) in [5.41, 5.74) is 1.40. The Labute approximate surface area is 170 Å². The van der Waals surface area contributed by atoms with Gasteiger partial charge in [0.25, 0.3) is 10.0 Å². The first-order valence-electron chi connectivity index (χ1n) is 8.86. The third-order valence-corrected chi connectivity index (χ3v) is 6.18. The number of para-hydroxylation sites is 2. The molecule has 7 heteroatoms. The van der Waals surface area contributed by atoms with Crippen LogP contribution in [0.1, 0.15) is 15.9 Å². The molecule has 3 rings (SSSR count). The maximum atomic E-state index is 12.9. The second-order valence-electron chi connectivity index (χ2n) is 6.22. The highest BCUT2D eigenvalue weighted by atomic mass is 32.2. The lowest BCUT2D eigenvalue weighted by molar-refractivity contribution is 0.0470. The predicted molar refractivity (Wildman–Crippen MR) is 111 cm³/mol. The van der Waals surface area contributed by atoms with Crippen LogP contribution in [0.5, 0.6) is 5.75 Å². The molecule has 0 saturated heterocycles. The van der Waals surface area contributed by atoms with Crippen molar-refractivity contribution < 1.29 is 22.7 Å². The lowest BCUT2D eigenvalue weighted by atomic mass is 10.2. The lowest BCUT2D eigenvalue weighted by Gasteiger charge is -2.19. The zero-order chi connectivity index (χ0) is 20.9. The number of carbonyl (C=O) groups is 1. The molecule has 6 nitrogen and oxygen atoms in total. The number of methoxy groups -OCH3 is 1. The van der Waals surface area contributed by atoms with E-state index in [2.05, 4.69) is 0 Å². The number of sulfonamides is 1. The van der Waals surface area contributed by atoms with Crippen molar-refractivity contribution in [1.82, 2.24) is 0 Å². The molecular weight excluding hydrogens is 390 g/mol. The van der Waals surface area contributed by atoms with Crippen LogP contribution in [0.25, 0.3) is 0 Å². The van der Waals surface area contributed by atoms with Crippen LogP contribution in [-0.4, -0.2) is 28.5 Å². The van der Waals surface area contributed by atoms with Crippen LogP contribution in [-0.2, 0) is 21.4 Å². The summed E-state index contributed by atoms with van der Waals surface area (Å²) in [5.74, 6) is -0.00330. The molecule has 0 fully saturated rings. The van der Waals surface area contributed by atoms with Crippen LogP contribution in [0.15, 0.2) is 83.8 Å². The van der Waals surface area contributed by atoms with E-state index in [1.807, 2.05) is 18.2 Å². The summed E-state index contributed by atoms with van der Waals surface area (Å²) in [4.78, 5) is 12.5. The van der Waals surface area contributed by atoms with E-state index >= 15 is 0 Å². The molecule has 0 atom stereocenters. The second kappa shape index (κ2) is 8.79. The van der Waals surface area contributed by atoms with E-state index in [-0.39, 0.29) is 17.1 Å². The number of nitrogens with zero attached hydrogens (tertiary/aromatic N) is 1. The molecule has 0 aromatic heterocycles. The van der Waals surface area contributed by atoms with Gasteiger partial charge in [0.05, 0.1) is 23.3 Å². The Bertz CT molecular complexity index is 1100. The van der Waals surface area contributed by atoms with E-state index in [1.54, 1.807) is 36.4 Å². The number of benzene rings is 3. The number of esters is 1. The summed E-state index contributed by atoms with van der Waals surface area (Å²) in [7, 11) is -0.811. The Morgan fingerprint density at radius 2 is 1.62 bits per heavy atom. The number of hydrogen-bond acceptors (Lipinski definition) is 5. The van der Waals surface area contributed by atoms with Crippen molar-refractivity contribution in [3.8, 4) is 5.75 Å². The van der Waals surface area contributed by atoms with Gasteiger partial charge in [0.2, 0.25) is 0 Å². The number of rotatable bonds is 7. The number of ether oxygens (including phenoxy) is 2. The van der Waals surface area contributed by atoms with Crippen LogP contribution in [0.4, 0.5) is 5.69 Å². The Hall–Kier alpha value is -3.32. The van der Waals surface area contributed by atoms with Gasteiger partial charge in [0, 0.05) is 12.6 Å². The minimum absolute atomic E-state index is 0.00981. The fraction of sp³-hybridized carbons (Fsp3) is 0.136. The highest BCUT2D eigenvalue weighted by Crippen LogP contribution is 2.23. The molecule has 29 heavy (non-hydrogen) atoms. The van der Waals surface area contributed by atoms with Crippen molar-refractivity contribution in [3.63, 3.8) is 0 Å². The largest absolute Gasteiger partial charge is 0.496 e. The molecule has 0 unspecified atom stereocenters. The molecule has 0 aliphatic heterocycles. The van der Waals surface area contributed by atoms with E-state index in [9.17, 15) is 13.2 Å². The van der Waals surface area contributed by atoms with Gasteiger partial charge < -0.3 is 9.47 Å². The number of anilines is 1. The van der Waals surface area contributed by atoms with Gasteiger partial charge in [0.15, 0.2) is 0 Å². The molecule has 0 N–H and O–H groups in total. The fourth-order valence-corrected chi connectivity index (χ4v) is 4.01. The maximum absolute atomic E-state index is 12.9. The van der Waals surface area contributed by atoms with Gasteiger partial charge in [0.1, 0.15) is 12.4 Å². The molecule has 3 aromatic rings. The summed E-state index contributed by atoms with van der Waals surface area (Å²) in [6.45, 7) is 0.0176. The molecular formula is C22H21NO5S. The summed E-state index contributed by atoms with van der Waals surface area (Å²) in [5, 5.41) is 0. The predicted octanol–water partition coefficient (Wildman–Crippen LogP) is 3.88. The van der Waals surface area contributed by atoms with Crippen molar-refractivity contribution in [3.05, 3.63) is 90.0 Å². The maximum Gasteiger partial charge on any atom is 0.338 e. The molecule has 3 aromatic carbocycles. The Kier molecular flexibility index (Phi) is 6.19. The smallest absolute Gasteiger partial charge is 0.338 e. The molecule has 0 saturated carbocycles. The van der Waals surface area contributed by atoms with Crippen LogP contribution in [0.2, 0.25) is 0 Å². The topological polar surface area (TPSA) is 72.9 Å². The van der Waals surface area contributed by atoms with Crippen LogP contribution >= 0.6 is 0 Å². The highest BCUT2D eigenvalue weighted by molar-refractivity contribution is 7.92. The van der Waals surface area contributed by atoms with Gasteiger partial charge in [-0.2, -0.15) is 0 Å². The van der Waals surface area contributed by atoms with Crippen LogP contribution in [0, 0.1) is 0 Å². The first-order chi connectivity index (χ1) is 13.9.